The van der Waals surface area contributed by atoms with Crippen molar-refractivity contribution in [2.75, 3.05) is 13.7 Å². The van der Waals surface area contributed by atoms with E-state index in [0.717, 1.165) is 25.3 Å². The molecule has 1 aromatic rings. The first-order valence-corrected chi connectivity index (χ1v) is 5.74. The Morgan fingerprint density at radius 3 is 2.81 bits per heavy atom. The van der Waals surface area contributed by atoms with Crippen molar-refractivity contribution < 1.29 is 4.74 Å². The lowest BCUT2D eigenvalue weighted by Crippen LogP contribution is -2.27. The van der Waals surface area contributed by atoms with Gasteiger partial charge in [0.25, 0.3) is 0 Å². The molecule has 16 heavy (non-hydrogen) atoms. The van der Waals surface area contributed by atoms with Crippen LogP contribution in [0.1, 0.15) is 24.5 Å². The predicted molar refractivity (Wildman–Crippen MR) is 67.7 cm³/mol. The summed E-state index contributed by atoms with van der Waals surface area (Å²) in [7, 11) is 1.70. The molecule has 1 rings (SSSR count). The van der Waals surface area contributed by atoms with Gasteiger partial charge in [0, 0.05) is 12.6 Å². The zero-order valence-corrected chi connectivity index (χ0v) is 10.4. The molecular weight excluding hydrogens is 200 g/mol. The highest BCUT2D eigenvalue weighted by atomic mass is 16.5. The summed E-state index contributed by atoms with van der Waals surface area (Å²) in [6, 6.07) is 6.75. The third-order valence-electron chi connectivity index (χ3n) is 2.73. The Kier molecular flexibility index (Phi) is 5.29. The molecule has 1 aromatic carbocycles. The van der Waals surface area contributed by atoms with Crippen LogP contribution in [0.25, 0.3) is 0 Å². The maximum atomic E-state index is 5.50. The van der Waals surface area contributed by atoms with Crippen molar-refractivity contribution in [3.8, 4) is 5.75 Å². The second-order valence-electron chi connectivity index (χ2n) is 4.16. The molecule has 0 saturated heterocycles. The number of rotatable bonds is 6. The monoisotopic (exact) mass is 222 g/mol. The highest BCUT2D eigenvalue weighted by molar-refractivity contribution is 5.36. The highest BCUT2D eigenvalue weighted by Crippen LogP contribution is 2.18. The van der Waals surface area contributed by atoms with Crippen LogP contribution in [-0.4, -0.2) is 19.7 Å². The first kappa shape index (κ1) is 13.0. The molecule has 3 N–H and O–H groups in total. The van der Waals surface area contributed by atoms with Crippen LogP contribution in [0.4, 0.5) is 0 Å². The number of hydrogen-bond acceptors (Lipinski definition) is 3. The number of benzene rings is 1. The van der Waals surface area contributed by atoms with Gasteiger partial charge in [0.1, 0.15) is 5.75 Å². The molecule has 0 bridgehead atoms. The van der Waals surface area contributed by atoms with E-state index in [9.17, 15) is 0 Å². The molecule has 1 unspecified atom stereocenters. The minimum Gasteiger partial charge on any atom is -0.496 e. The van der Waals surface area contributed by atoms with Crippen LogP contribution in [0, 0.1) is 6.92 Å². The van der Waals surface area contributed by atoms with E-state index in [-0.39, 0.29) is 0 Å². The summed E-state index contributed by atoms with van der Waals surface area (Å²) in [4.78, 5) is 0. The highest BCUT2D eigenvalue weighted by Gasteiger charge is 2.02. The van der Waals surface area contributed by atoms with Crippen LogP contribution in [0.2, 0.25) is 0 Å². The molecule has 1 atom stereocenters. The van der Waals surface area contributed by atoms with E-state index in [4.69, 9.17) is 10.5 Å². The number of nitrogens with two attached hydrogens (primary N) is 1. The lowest BCUT2D eigenvalue weighted by Gasteiger charge is -2.13. The molecule has 0 amide bonds. The molecule has 3 nitrogen and oxygen atoms in total. The summed E-state index contributed by atoms with van der Waals surface area (Å²) in [6.45, 7) is 5.79. The van der Waals surface area contributed by atoms with Crippen molar-refractivity contribution in [3.63, 3.8) is 0 Å². The molecule has 0 aliphatic rings. The Morgan fingerprint density at radius 1 is 1.44 bits per heavy atom. The fourth-order valence-corrected chi connectivity index (χ4v) is 1.62. The SMILES string of the molecule is COc1cc(CNC(C)CCN)ccc1C. The van der Waals surface area contributed by atoms with E-state index in [0.29, 0.717) is 6.04 Å². The van der Waals surface area contributed by atoms with Crippen molar-refractivity contribution in [2.24, 2.45) is 5.73 Å². The lowest BCUT2D eigenvalue weighted by atomic mass is 10.1. The average Bonchev–Trinajstić information content (AvgIpc) is 2.28. The summed E-state index contributed by atoms with van der Waals surface area (Å²) in [5.41, 5.74) is 7.91. The van der Waals surface area contributed by atoms with Gasteiger partial charge in [-0.05, 0) is 44.0 Å². The summed E-state index contributed by atoms with van der Waals surface area (Å²) in [6.07, 6.45) is 1.00. The average molecular weight is 222 g/mol. The van der Waals surface area contributed by atoms with Gasteiger partial charge in [-0.25, -0.2) is 0 Å². The number of ether oxygens (including phenoxy) is 1. The number of nitrogens with one attached hydrogen (secondary N) is 1. The normalized spacial score (nSPS) is 12.5. The third-order valence-corrected chi connectivity index (χ3v) is 2.73. The van der Waals surface area contributed by atoms with E-state index in [1.54, 1.807) is 7.11 Å². The molecule has 0 heterocycles. The molecule has 3 heteroatoms. The predicted octanol–water partition coefficient (Wildman–Crippen LogP) is 1.83. The fourth-order valence-electron chi connectivity index (χ4n) is 1.62. The van der Waals surface area contributed by atoms with Gasteiger partial charge in [0.15, 0.2) is 0 Å². The number of methoxy groups -OCH3 is 1. The van der Waals surface area contributed by atoms with Crippen LogP contribution >= 0.6 is 0 Å². The second-order valence-corrected chi connectivity index (χ2v) is 4.16. The topological polar surface area (TPSA) is 47.3 Å². The Balaban J connectivity index is 2.54. The lowest BCUT2D eigenvalue weighted by molar-refractivity contribution is 0.410. The summed E-state index contributed by atoms with van der Waals surface area (Å²) in [5.74, 6) is 0.950. The zero-order chi connectivity index (χ0) is 12.0. The Morgan fingerprint density at radius 2 is 2.19 bits per heavy atom. The van der Waals surface area contributed by atoms with Crippen molar-refractivity contribution in [1.29, 1.82) is 0 Å². The maximum Gasteiger partial charge on any atom is 0.122 e. The van der Waals surface area contributed by atoms with Crippen LogP contribution in [0.5, 0.6) is 5.75 Å². The molecule has 0 aliphatic heterocycles. The van der Waals surface area contributed by atoms with Gasteiger partial charge in [0.05, 0.1) is 7.11 Å². The first-order chi connectivity index (χ1) is 7.67. The Labute approximate surface area is 98.0 Å². The van der Waals surface area contributed by atoms with E-state index >= 15 is 0 Å². The molecular formula is C13H22N2O. The summed E-state index contributed by atoms with van der Waals surface area (Å²) >= 11 is 0. The quantitative estimate of drug-likeness (QED) is 0.772. The fraction of sp³-hybridized carbons (Fsp3) is 0.538. The molecule has 0 saturated carbocycles. The van der Waals surface area contributed by atoms with Crippen molar-refractivity contribution in [2.45, 2.75) is 32.9 Å². The summed E-state index contributed by atoms with van der Waals surface area (Å²) in [5, 5.41) is 3.44. The third kappa shape index (κ3) is 3.83. The van der Waals surface area contributed by atoms with E-state index in [1.807, 2.05) is 6.92 Å². The van der Waals surface area contributed by atoms with Gasteiger partial charge < -0.3 is 15.8 Å². The van der Waals surface area contributed by atoms with Crippen LogP contribution in [0.15, 0.2) is 18.2 Å². The van der Waals surface area contributed by atoms with Crippen molar-refractivity contribution >= 4 is 0 Å². The van der Waals surface area contributed by atoms with Gasteiger partial charge in [-0.1, -0.05) is 12.1 Å². The standard InChI is InChI=1S/C13H22N2O/c1-10-4-5-12(8-13(10)16-3)9-15-11(2)6-7-14/h4-5,8,11,15H,6-7,9,14H2,1-3H3. The summed E-state index contributed by atoms with van der Waals surface area (Å²) < 4.78 is 5.29. The molecule has 0 aliphatic carbocycles. The van der Waals surface area contributed by atoms with Crippen molar-refractivity contribution in [3.05, 3.63) is 29.3 Å². The van der Waals surface area contributed by atoms with Crippen molar-refractivity contribution in [1.82, 2.24) is 5.32 Å². The van der Waals surface area contributed by atoms with Gasteiger partial charge in [-0.3, -0.25) is 0 Å². The molecule has 90 valence electrons. The Hall–Kier alpha value is -1.06. The molecule has 0 spiro atoms. The Bertz CT molecular complexity index is 326. The number of aryl methyl sites for hydroxylation is 1. The first-order valence-electron chi connectivity index (χ1n) is 5.74. The van der Waals surface area contributed by atoms with Gasteiger partial charge >= 0.3 is 0 Å². The largest absolute Gasteiger partial charge is 0.496 e. The molecule has 0 radical (unpaired) electrons. The van der Waals surface area contributed by atoms with Crippen LogP contribution in [0.3, 0.4) is 0 Å². The molecule has 0 fully saturated rings. The van der Waals surface area contributed by atoms with E-state index in [2.05, 4.69) is 30.4 Å². The van der Waals surface area contributed by atoms with Gasteiger partial charge in [-0.2, -0.15) is 0 Å². The van der Waals surface area contributed by atoms with Gasteiger partial charge in [0.2, 0.25) is 0 Å². The smallest absolute Gasteiger partial charge is 0.122 e. The number of hydrogen-bond donors (Lipinski definition) is 2. The van der Waals surface area contributed by atoms with Gasteiger partial charge in [-0.15, -0.1) is 0 Å². The molecule has 0 aromatic heterocycles. The minimum atomic E-state index is 0.456. The van der Waals surface area contributed by atoms with E-state index in [1.165, 1.54) is 11.1 Å². The van der Waals surface area contributed by atoms with E-state index < -0.39 is 0 Å². The second kappa shape index (κ2) is 6.51. The van der Waals surface area contributed by atoms with Crippen LogP contribution in [-0.2, 0) is 6.54 Å². The maximum absolute atomic E-state index is 5.50. The minimum absolute atomic E-state index is 0.456. The zero-order valence-electron chi connectivity index (χ0n) is 10.4. The van der Waals surface area contributed by atoms with Crippen LogP contribution < -0.4 is 15.8 Å².